The van der Waals surface area contributed by atoms with Crippen molar-refractivity contribution in [2.45, 2.75) is 13.0 Å². The fourth-order valence-corrected chi connectivity index (χ4v) is 2.11. The van der Waals surface area contributed by atoms with Crippen LogP contribution in [-0.4, -0.2) is 16.1 Å². The summed E-state index contributed by atoms with van der Waals surface area (Å²) in [5.74, 6) is 0.0448. The summed E-state index contributed by atoms with van der Waals surface area (Å²) in [7, 11) is 0. The van der Waals surface area contributed by atoms with Gasteiger partial charge in [0, 0.05) is 17.8 Å². The first-order valence-corrected chi connectivity index (χ1v) is 5.43. The Hall–Kier alpha value is -2.14. The van der Waals surface area contributed by atoms with Crippen LogP contribution in [0.4, 0.5) is 5.69 Å². The van der Waals surface area contributed by atoms with Crippen molar-refractivity contribution in [1.29, 1.82) is 0 Å². The van der Waals surface area contributed by atoms with Gasteiger partial charge in [-0.3, -0.25) is 9.89 Å². The molecule has 0 unspecified atom stereocenters. The maximum atomic E-state index is 11.3. The zero-order valence-electron chi connectivity index (χ0n) is 9.16. The number of benzene rings is 1. The van der Waals surface area contributed by atoms with Crippen molar-refractivity contribution in [2.75, 3.05) is 5.32 Å². The molecular formula is C12H12N4O. The van der Waals surface area contributed by atoms with Gasteiger partial charge in [-0.1, -0.05) is 6.07 Å². The fraction of sp³-hybridized carbons (Fsp3) is 0.167. The van der Waals surface area contributed by atoms with Crippen LogP contribution in [-0.2, 0) is 17.8 Å². The smallest absolute Gasteiger partial charge is 0.228 e. The number of carbonyl (C=O) groups excluding carboxylic acids is 1. The van der Waals surface area contributed by atoms with Crippen LogP contribution in [0.25, 0.3) is 11.1 Å². The topological polar surface area (TPSA) is 83.8 Å². The first-order chi connectivity index (χ1) is 8.28. The summed E-state index contributed by atoms with van der Waals surface area (Å²) < 4.78 is 0. The molecule has 0 radical (unpaired) electrons. The zero-order valence-corrected chi connectivity index (χ0v) is 9.16. The first-order valence-electron chi connectivity index (χ1n) is 5.43. The molecule has 0 saturated carbocycles. The van der Waals surface area contributed by atoms with Gasteiger partial charge in [0.05, 0.1) is 18.3 Å². The second-order valence-electron chi connectivity index (χ2n) is 4.06. The molecule has 1 aromatic carbocycles. The molecule has 0 spiro atoms. The van der Waals surface area contributed by atoms with Crippen LogP contribution in [0.5, 0.6) is 0 Å². The van der Waals surface area contributed by atoms with Crippen molar-refractivity contribution in [3.05, 3.63) is 35.7 Å². The Morgan fingerprint density at radius 1 is 1.41 bits per heavy atom. The van der Waals surface area contributed by atoms with Gasteiger partial charge < -0.3 is 11.1 Å². The molecule has 0 bridgehead atoms. The largest absolute Gasteiger partial charge is 0.326 e. The summed E-state index contributed by atoms with van der Waals surface area (Å²) in [5.41, 5.74) is 10.5. The number of carbonyl (C=O) groups is 1. The van der Waals surface area contributed by atoms with Crippen molar-refractivity contribution < 1.29 is 4.79 Å². The number of nitrogens with zero attached hydrogens (tertiary/aromatic N) is 1. The lowest BCUT2D eigenvalue weighted by molar-refractivity contribution is -0.115. The van der Waals surface area contributed by atoms with Gasteiger partial charge in [0.15, 0.2) is 0 Å². The maximum absolute atomic E-state index is 11.3. The first kappa shape index (κ1) is 10.0. The van der Waals surface area contributed by atoms with Crippen LogP contribution >= 0.6 is 0 Å². The van der Waals surface area contributed by atoms with E-state index in [1.807, 2.05) is 18.2 Å². The van der Waals surface area contributed by atoms with Crippen LogP contribution in [0.15, 0.2) is 24.4 Å². The third-order valence-corrected chi connectivity index (χ3v) is 2.96. The molecule has 0 atom stereocenters. The predicted octanol–water partition coefficient (Wildman–Crippen LogP) is 1.03. The summed E-state index contributed by atoms with van der Waals surface area (Å²) in [5, 5.41) is 9.67. The molecule has 5 nitrogen and oxygen atoms in total. The Labute approximate surface area is 98.0 Å². The van der Waals surface area contributed by atoms with E-state index < -0.39 is 0 Å². The van der Waals surface area contributed by atoms with E-state index in [1.165, 1.54) is 0 Å². The summed E-state index contributed by atoms with van der Waals surface area (Å²) in [6, 6.07) is 5.90. The predicted molar refractivity (Wildman–Crippen MR) is 64.2 cm³/mol. The van der Waals surface area contributed by atoms with Crippen LogP contribution in [0.2, 0.25) is 0 Å². The number of fused-ring (bicyclic) bond motifs is 1. The standard InChI is InChI=1S/C12H12N4O/c13-5-11-9(6-14-16-11)7-1-2-10-8(3-7)4-12(17)15-10/h1-3,6H,4-5,13H2,(H,14,16)(H,15,17). The number of anilines is 1. The van der Waals surface area contributed by atoms with E-state index in [0.29, 0.717) is 13.0 Å². The Morgan fingerprint density at radius 3 is 3.12 bits per heavy atom. The monoisotopic (exact) mass is 228 g/mol. The fourth-order valence-electron chi connectivity index (χ4n) is 2.11. The molecule has 1 aliphatic rings. The Balaban J connectivity index is 2.06. The van der Waals surface area contributed by atoms with E-state index >= 15 is 0 Å². The zero-order chi connectivity index (χ0) is 11.8. The highest BCUT2D eigenvalue weighted by Crippen LogP contribution is 2.29. The van der Waals surface area contributed by atoms with E-state index in [1.54, 1.807) is 6.20 Å². The van der Waals surface area contributed by atoms with E-state index in [-0.39, 0.29) is 5.91 Å². The molecule has 2 heterocycles. The molecule has 1 aromatic heterocycles. The number of nitrogens with one attached hydrogen (secondary N) is 2. The van der Waals surface area contributed by atoms with Gasteiger partial charge >= 0.3 is 0 Å². The summed E-state index contributed by atoms with van der Waals surface area (Å²) in [4.78, 5) is 11.3. The van der Waals surface area contributed by atoms with Crippen molar-refractivity contribution >= 4 is 11.6 Å². The van der Waals surface area contributed by atoms with Gasteiger partial charge in [-0.2, -0.15) is 5.10 Å². The minimum atomic E-state index is 0.0448. The number of hydrogen-bond acceptors (Lipinski definition) is 3. The Morgan fingerprint density at radius 2 is 2.29 bits per heavy atom. The minimum absolute atomic E-state index is 0.0448. The molecule has 2 aromatic rings. The van der Waals surface area contributed by atoms with Gasteiger partial charge in [-0.25, -0.2) is 0 Å². The molecule has 3 rings (SSSR count). The van der Waals surface area contributed by atoms with Gasteiger partial charge in [-0.15, -0.1) is 0 Å². The summed E-state index contributed by atoms with van der Waals surface area (Å²) in [6.07, 6.45) is 2.20. The average molecular weight is 228 g/mol. The average Bonchev–Trinajstić information content (AvgIpc) is 2.91. The minimum Gasteiger partial charge on any atom is -0.326 e. The van der Waals surface area contributed by atoms with Crippen molar-refractivity contribution in [2.24, 2.45) is 5.73 Å². The van der Waals surface area contributed by atoms with E-state index in [0.717, 1.165) is 28.1 Å². The van der Waals surface area contributed by atoms with Crippen LogP contribution < -0.4 is 11.1 Å². The lowest BCUT2D eigenvalue weighted by atomic mass is 10.0. The van der Waals surface area contributed by atoms with Crippen molar-refractivity contribution in [1.82, 2.24) is 10.2 Å². The molecule has 0 saturated heterocycles. The molecule has 17 heavy (non-hydrogen) atoms. The summed E-state index contributed by atoms with van der Waals surface area (Å²) >= 11 is 0. The van der Waals surface area contributed by atoms with E-state index in [9.17, 15) is 4.79 Å². The molecule has 4 N–H and O–H groups in total. The second kappa shape index (κ2) is 3.71. The van der Waals surface area contributed by atoms with Gasteiger partial charge in [0.25, 0.3) is 0 Å². The van der Waals surface area contributed by atoms with E-state index in [2.05, 4.69) is 15.5 Å². The highest BCUT2D eigenvalue weighted by molar-refractivity contribution is 5.99. The van der Waals surface area contributed by atoms with E-state index in [4.69, 9.17) is 5.73 Å². The van der Waals surface area contributed by atoms with Crippen LogP contribution in [0.1, 0.15) is 11.3 Å². The molecule has 0 aliphatic carbocycles. The molecule has 0 fully saturated rings. The quantitative estimate of drug-likeness (QED) is 0.717. The molecule has 86 valence electrons. The van der Waals surface area contributed by atoms with Gasteiger partial charge in [0.1, 0.15) is 0 Å². The number of amides is 1. The third-order valence-electron chi connectivity index (χ3n) is 2.96. The SMILES string of the molecule is NCc1[nH]ncc1-c1ccc2c(c1)CC(=O)N2. The lowest BCUT2D eigenvalue weighted by Crippen LogP contribution is -2.03. The van der Waals surface area contributed by atoms with Crippen LogP contribution in [0.3, 0.4) is 0 Å². The molecule has 5 heteroatoms. The summed E-state index contributed by atoms with van der Waals surface area (Å²) in [6.45, 7) is 0.420. The number of nitrogens with two attached hydrogens (primary N) is 1. The Bertz CT molecular complexity index is 588. The number of hydrogen-bond donors (Lipinski definition) is 3. The van der Waals surface area contributed by atoms with Crippen molar-refractivity contribution in [3.8, 4) is 11.1 Å². The van der Waals surface area contributed by atoms with Gasteiger partial charge in [0.2, 0.25) is 5.91 Å². The maximum Gasteiger partial charge on any atom is 0.228 e. The highest BCUT2D eigenvalue weighted by atomic mass is 16.1. The normalized spacial score (nSPS) is 13.6. The van der Waals surface area contributed by atoms with Gasteiger partial charge in [-0.05, 0) is 23.3 Å². The van der Waals surface area contributed by atoms with Crippen LogP contribution in [0, 0.1) is 0 Å². The Kier molecular flexibility index (Phi) is 2.19. The lowest BCUT2D eigenvalue weighted by Gasteiger charge is -2.04. The molecule has 1 aliphatic heterocycles. The second-order valence-corrected chi connectivity index (χ2v) is 4.06. The van der Waals surface area contributed by atoms with Crippen molar-refractivity contribution in [3.63, 3.8) is 0 Å². The highest BCUT2D eigenvalue weighted by Gasteiger charge is 2.18. The molecule has 1 amide bonds. The number of aromatic amines is 1. The number of aromatic nitrogens is 2. The third kappa shape index (κ3) is 1.60. The number of H-pyrrole nitrogens is 1. The number of rotatable bonds is 2. The molecular weight excluding hydrogens is 216 g/mol.